The van der Waals surface area contributed by atoms with Crippen molar-refractivity contribution >= 4 is 72.9 Å². The van der Waals surface area contributed by atoms with Gasteiger partial charge in [0.05, 0.1) is 23.3 Å². The standard InChI is InChI=1S/C17H24N6O2S2.C15H23N3O2.C6H8N4O2S2.ClH/c18-17-19-12-14(20-17)6-2-1-3-7-15-13-23(22-21-15)9-5-11-27(24,25)16-8-4-10-26-16;1-5-6-7-8-9-10-12-11-18(13(16)17-12)14(19)20-15(2,3)4;7-10-8-3-4-9-14(11,12)6-2-1-5-13-6;/h4,8,10,12-13H,1-3,5-7,9,11H2,(H3,18,19,20);1,11H,6-10H2,2-4H3,(H2,16,17);1-2,5,9H,3-4H2;1H. The summed E-state index contributed by atoms with van der Waals surface area (Å²) in [7, 11) is -6.59. The summed E-state index contributed by atoms with van der Waals surface area (Å²) in [4.78, 5) is 25.6. The Morgan fingerprint density at radius 3 is 2.26 bits per heavy atom. The molecule has 5 rings (SSSR count). The molecule has 5 aromatic rings. The van der Waals surface area contributed by atoms with Crippen LogP contribution in [0.25, 0.3) is 10.4 Å². The van der Waals surface area contributed by atoms with E-state index in [9.17, 15) is 21.6 Å². The van der Waals surface area contributed by atoms with Gasteiger partial charge in [0, 0.05) is 49.1 Å². The third-order valence-corrected chi connectivity index (χ3v) is 14.3. The van der Waals surface area contributed by atoms with Gasteiger partial charge in [0.25, 0.3) is 0 Å². The molecule has 5 aromatic heterocycles. The van der Waals surface area contributed by atoms with Crippen molar-refractivity contribution in [3.05, 3.63) is 81.1 Å². The van der Waals surface area contributed by atoms with Gasteiger partial charge in [-0.05, 0) is 101 Å². The first-order chi connectivity index (χ1) is 29.0. The number of nitrogens with two attached hydrogens (primary N) is 2. The number of H-pyrrole nitrogens is 1. The Bertz CT molecular complexity index is 2360. The molecule has 0 fully saturated rings. The molecule has 24 heteroatoms. The number of nitrogens with zero attached hydrogens (tertiary/aromatic N) is 9. The number of sulfone groups is 1. The SMILES string of the molecule is C#CCCCCCc1cn(C(=O)OC(C)(C)C)c(N)n1.Cl.Nc1ncc(CCCCCc2cn(CCCS(=O)(=O)c3cccs3)nn2)[nH]1.[N-]=[N+]=NCCNS(=O)(=O)c1cccs1. The Labute approximate surface area is 377 Å². The minimum Gasteiger partial charge on any atom is -0.443 e. The number of unbranched alkanes of at least 4 members (excludes halogenated alkanes) is 5. The van der Waals surface area contributed by atoms with Gasteiger partial charge in [0.15, 0.2) is 15.8 Å². The van der Waals surface area contributed by atoms with Crippen LogP contribution in [0.15, 0.2) is 67.1 Å². The number of nitrogen functional groups attached to an aromatic ring is 2. The molecule has 5 heterocycles. The van der Waals surface area contributed by atoms with E-state index >= 15 is 0 Å². The van der Waals surface area contributed by atoms with E-state index in [0.29, 0.717) is 23.1 Å². The predicted octanol–water partition coefficient (Wildman–Crippen LogP) is 7.21. The Hall–Kier alpha value is -4.95. The number of aromatic nitrogens is 7. The van der Waals surface area contributed by atoms with Crippen LogP contribution in [0.5, 0.6) is 0 Å². The van der Waals surface area contributed by atoms with E-state index in [1.165, 1.54) is 22.0 Å². The zero-order valence-corrected chi connectivity index (χ0v) is 39.1. The Balaban J connectivity index is 0.000000335. The molecule has 0 radical (unpaired) electrons. The summed E-state index contributed by atoms with van der Waals surface area (Å²) in [6, 6.07) is 6.58. The number of hydrogen-bond acceptors (Lipinski definition) is 15. The van der Waals surface area contributed by atoms with Crippen molar-refractivity contribution in [1.82, 2.24) is 39.2 Å². The lowest BCUT2D eigenvalue weighted by atomic mass is 10.1. The fourth-order valence-electron chi connectivity index (χ4n) is 5.32. The summed E-state index contributed by atoms with van der Waals surface area (Å²) in [6.45, 7) is 6.21. The summed E-state index contributed by atoms with van der Waals surface area (Å²) in [5.41, 5.74) is 21.5. The molecule has 0 aliphatic heterocycles. The summed E-state index contributed by atoms with van der Waals surface area (Å²) in [6.07, 6.45) is 20.2. The molecule has 0 saturated carbocycles. The van der Waals surface area contributed by atoms with Crippen molar-refractivity contribution in [2.24, 2.45) is 5.11 Å². The number of carbonyl (C=O) groups excluding carboxylic acids is 1. The van der Waals surface area contributed by atoms with Crippen LogP contribution in [0.4, 0.5) is 16.7 Å². The fraction of sp³-hybridized carbons (Fsp3) is 0.500. The van der Waals surface area contributed by atoms with E-state index < -0.39 is 31.6 Å². The molecule has 19 nitrogen and oxygen atoms in total. The molecule has 340 valence electrons. The van der Waals surface area contributed by atoms with Crippen molar-refractivity contribution in [2.75, 3.05) is 30.3 Å². The molecule has 62 heavy (non-hydrogen) atoms. The normalized spacial score (nSPS) is 11.2. The summed E-state index contributed by atoms with van der Waals surface area (Å²) in [5, 5.41) is 14.9. The van der Waals surface area contributed by atoms with E-state index in [-0.39, 0.29) is 41.4 Å². The zero-order chi connectivity index (χ0) is 44.7. The van der Waals surface area contributed by atoms with Crippen molar-refractivity contribution in [3.8, 4) is 12.3 Å². The lowest BCUT2D eigenvalue weighted by Crippen LogP contribution is -2.27. The highest BCUT2D eigenvalue weighted by molar-refractivity contribution is 7.93. The molecule has 0 bridgehead atoms. The number of aromatic amines is 1. The average molecular weight is 955 g/mol. The van der Waals surface area contributed by atoms with Gasteiger partial charge >= 0.3 is 6.09 Å². The van der Waals surface area contributed by atoms with Crippen LogP contribution in [-0.2, 0) is 50.4 Å². The summed E-state index contributed by atoms with van der Waals surface area (Å²) >= 11 is 2.40. The van der Waals surface area contributed by atoms with E-state index in [2.05, 4.69) is 45.9 Å². The fourth-order valence-corrected chi connectivity index (χ4v) is 9.82. The zero-order valence-electron chi connectivity index (χ0n) is 35.1. The number of carbonyl (C=O) groups is 1. The number of nitrogens with one attached hydrogen (secondary N) is 2. The minimum absolute atomic E-state index is 0. The highest BCUT2D eigenvalue weighted by Gasteiger charge is 2.20. The number of terminal acetylenes is 1. The number of sulfonamides is 1. The van der Waals surface area contributed by atoms with Gasteiger partial charge < -0.3 is 21.2 Å². The van der Waals surface area contributed by atoms with Crippen LogP contribution >= 0.6 is 35.1 Å². The molecule has 0 aromatic carbocycles. The van der Waals surface area contributed by atoms with Crippen LogP contribution in [0, 0.1) is 12.3 Å². The second kappa shape index (κ2) is 27.2. The first-order valence-electron chi connectivity index (χ1n) is 19.5. The van der Waals surface area contributed by atoms with Crippen LogP contribution in [-0.4, -0.2) is 81.9 Å². The van der Waals surface area contributed by atoms with Crippen molar-refractivity contribution in [2.45, 2.75) is 112 Å². The van der Waals surface area contributed by atoms with Crippen LogP contribution in [0.1, 0.15) is 89.2 Å². The number of ether oxygens (including phenoxy) is 1. The Morgan fingerprint density at radius 2 is 1.65 bits per heavy atom. The van der Waals surface area contributed by atoms with Crippen molar-refractivity contribution in [3.63, 3.8) is 0 Å². The molecule has 0 saturated heterocycles. The lowest BCUT2D eigenvalue weighted by Gasteiger charge is -2.19. The Kier molecular flexibility index (Phi) is 23.3. The number of rotatable bonds is 21. The molecule has 0 aliphatic rings. The molecule has 0 amide bonds. The molecular formula is C38H56ClN13O6S4. The monoisotopic (exact) mass is 953 g/mol. The third-order valence-electron chi connectivity index (χ3n) is 8.17. The molecular weight excluding hydrogens is 898 g/mol. The third kappa shape index (κ3) is 20.3. The van der Waals surface area contributed by atoms with Crippen molar-refractivity contribution in [1.29, 1.82) is 0 Å². The number of thiophene rings is 2. The Morgan fingerprint density at radius 1 is 0.984 bits per heavy atom. The van der Waals surface area contributed by atoms with Crippen LogP contribution in [0.2, 0.25) is 0 Å². The maximum Gasteiger partial charge on any atom is 0.421 e. The highest BCUT2D eigenvalue weighted by atomic mass is 35.5. The van der Waals surface area contributed by atoms with Gasteiger partial charge in [-0.3, -0.25) is 4.68 Å². The lowest BCUT2D eigenvalue weighted by molar-refractivity contribution is 0.0540. The van der Waals surface area contributed by atoms with Crippen molar-refractivity contribution < 1.29 is 26.4 Å². The van der Waals surface area contributed by atoms with Gasteiger partial charge in [0.1, 0.15) is 14.0 Å². The van der Waals surface area contributed by atoms with E-state index in [1.54, 1.807) is 46.0 Å². The number of imidazole rings is 2. The molecule has 0 aliphatic carbocycles. The molecule has 0 spiro atoms. The van der Waals surface area contributed by atoms with Gasteiger partial charge in [-0.1, -0.05) is 35.3 Å². The van der Waals surface area contributed by atoms with E-state index in [0.717, 1.165) is 92.6 Å². The quantitative estimate of drug-likeness (QED) is 0.0187. The highest BCUT2D eigenvalue weighted by Crippen LogP contribution is 2.19. The van der Waals surface area contributed by atoms with Crippen LogP contribution < -0.4 is 16.2 Å². The first kappa shape index (κ1) is 53.2. The maximum absolute atomic E-state index is 12.1. The molecule has 0 unspecified atom stereocenters. The minimum atomic E-state index is -3.41. The number of aryl methyl sites for hydroxylation is 4. The molecule has 0 atom stereocenters. The number of anilines is 2. The summed E-state index contributed by atoms with van der Waals surface area (Å²) < 4.78 is 58.4. The molecule has 6 N–H and O–H groups in total. The smallest absolute Gasteiger partial charge is 0.421 e. The topological polar surface area (TPSA) is 285 Å². The maximum atomic E-state index is 12.1. The average Bonchev–Trinajstić information content (AvgIpc) is 4.05. The van der Waals surface area contributed by atoms with Gasteiger partial charge in [0.2, 0.25) is 16.0 Å². The summed E-state index contributed by atoms with van der Waals surface area (Å²) in [5.74, 6) is 3.37. The second-order valence-corrected chi connectivity index (χ2v) is 20.6. The van der Waals surface area contributed by atoms with E-state index in [1.807, 2.05) is 27.0 Å². The van der Waals surface area contributed by atoms with E-state index in [4.69, 9.17) is 28.2 Å². The largest absolute Gasteiger partial charge is 0.443 e. The first-order valence-corrected chi connectivity index (χ1v) is 24.4. The van der Waals surface area contributed by atoms with Gasteiger partial charge in [-0.15, -0.1) is 52.5 Å². The van der Waals surface area contributed by atoms with Crippen LogP contribution in [0.3, 0.4) is 0 Å². The predicted molar refractivity (Wildman–Crippen MR) is 245 cm³/mol. The van der Waals surface area contributed by atoms with Gasteiger partial charge in [-0.2, -0.15) is 0 Å². The van der Waals surface area contributed by atoms with Gasteiger partial charge in [-0.25, -0.2) is 40.9 Å². The second-order valence-electron chi connectivity index (χ2n) is 14.4. The number of halogens is 1. The number of hydrogen-bond donors (Lipinski definition) is 4. The number of azide groups is 1.